The van der Waals surface area contributed by atoms with Crippen LogP contribution in [-0.4, -0.2) is 43.2 Å². The molecule has 0 unspecified atom stereocenters. The maximum absolute atomic E-state index is 12.2. The number of hydrogen-bond donors (Lipinski definition) is 1. The van der Waals surface area contributed by atoms with Crippen LogP contribution < -0.4 is 0 Å². The molecule has 1 saturated heterocycles. The van der Waals surface area contributed by atoms with Gasteiger partial charge in [-0.3, -0.25) is 9.08 Å². The maximum atomic E-state index is 12.2. The number of amides is 1. The Labute approximate surface area is 136 Å². The van der Waals surface area contributed by atoms with Crippen LogP contribution in [0.25, 0.3) is 0 Å². The second-order valence-corrected chi connectivity index (χ2v) is 8.00. The van der Waals surface area contributed by atoms with Crippen molar-refractivity contribution in [2.75, 3.05) is 6.61 Å². The van der Waals surface area contributed by atoms with E-state index in [4.69, 9.17) is 4.18 Å². The van der Waals surface area contributed by atoms with E-state index < -0.39 is 16.2 Å². The highest BCUT2D eigenvalue weighted by Crippen LogP contribution is 2.41. The van der Waals surface area contributed by atoms with E-state index in [9.17, 15) is 18.3 Å². The summed E-state index contributed by atoms with van der Waals surface area (Å²) in [5, 5.41) is 9.43. The summed E-state index contributed by atoms with van der Waals surface area (Å²) in [5.74, 6) is 0.335. The maximum Gasteiger partial charge on any atom is 0.407 e. The van der Waals surface area contributed by atoms with E-state index in [1.165, 1.54) is 17.0 Å². The third kappa shape index (κ3) is 3.21. The van der Waals surface area contributed by atoms with Gasteiger partial charge in [-0.25, -0.2) is 4.79 Å². The molecule has 0 spiro atoms. The molecule has 1 heterocycles. The van der Waals surface area contributed by atoms with Crippen molar-refractivity contribution < 1.29 is 22.5 Å². The van der Waals surface area contributed by atoms with Gasteiger partial charge in [-0.15, -0.1) is 0 Å². The lowest BCUT2D eigenvalue weighted by atomic mass is 10.0. The van der Waals surface area contributed by atoms with E-state index in [-0.39, 0.29) is 23.6 Å². The van der Waals surface area contributed by atoms with Crippen LogP contribution in [0.1, 0.15) is 31.2 Å². The molecule has 1 saturated carbocycles. The highest BCUT2D eigenvalue weighted by atomic mass is 32.2. The molecule has 126 valence electrons. The minimum atomic E-state index is -3.86. The summed E-state index contributed by atoms with van der Waals surface area (Å²) in [6.45, 7) is 1.76. The smallest absolute Gasteiger partial charge is 0.407 e. The molecule has 2 aliphatic rings. The van der Waals surface area contributed by atoms with Crippen LogP contribution in [0.4, 0.5) is 4.79 Å². The highest BCUT2D eigenvalue weighted by Gasteiger charge is 2.46. The zero-order valence-corrected chi connectivity index (χ0v) is 13.8. The lowest BCUT2D eigenvalue weighted by molar-refractivity contribution is 0.104. The summed E-state index contributed by atoms with van der Waals surface area (Å²) in [4.78, 5) is 13.0. The summed E-state index contributed by atoms with van der Waals surface area (Å²) in [6.07, 6.45) is 2.60. The Hall–Kier alpha value is -1.60. The van der Waals surface area contributed by atoms with Gasteiger partial charge in [-0.2, -0.15) is 8.42 Å². The normalized spacial score (nSPS) is 27.2. The van der Waals surface area contributed by atoms with Gasteiger partial charge in [-0.05, 0) is 44.2 Å². The van der Waals surface area contributed by atoms with Crippen LogP contribution >= 0.6 is 0 Å². The van der Waals surface area contributed by atoms with Gasteiger partial charge in [0.2, 0.25) is 0 Å². The summed E-state index contributed by atoms with van der Waals surface area (Å²) < 4.78 is 29.6. The molecule has 1 amide bonds. The number of hydrogen-bond acceptors (Lipinski definition) is 4. The van der Waals surface area contributed by atoms with Crippen molar-refractivity contribution in [3.63, 3.8) is 0 Å². The van der Waals surface area contributed by atoms with Crippen molar-refractivity contribution in [2.24, 2.45) is 5.92 Å². The Balaban J connectivity index is 1.69. The van der Waals surface area contributed by atoms with Crippen molar-refractivity contribution in [3.05, 3.63) is 29.8 Å². The number of nitrogens with zero attached hydrogens (tertiary/aromatic N) is 1. The van der Waals surface area contributed by atoms with Gasteiger partial charge in [0.05, 0.1) is 17.5 Å². The van der Waals surface area contributed by atoms with Crippen molar-refractivity contribution in [1.82, 2.24) is 4.90 Å². The Morgan fingerprint density at radius 2 is 2.00 bits per heavy atom. The molecule has 2 fully saturated rings. The average Bonchev–Trinajstić information content (AvgIpc) is 3.05. The lowest BCUT2D eigenvalue weighted by Crippen LogP contribution is -2.42. The van der Waals surface area contributed by atoms with E-state index in [2.05, 4.69) is 0 Å². The standard InChI is InChI=1S/C16H21NO5S/c1-11-5-7-14(8-6-11)23(20,21)22-10-13-9-12-3-2-4-15(12)17(13)16(18)19/h5-8,12-13,15H,2-4,9-10H2,1H3,(H,18,19)/t12-,13-,15-/m0/s1. The molecular formula is C16H21NO5S. The largest absolute Gasteiger partial charge is 0.465 e. The molecule has 1 aromatic carbocycles. The number of aryl methyl sites for hydroxylation is 1. The average molecular weight is 339 g/mol. The molecule has 3 rings (SSSR count). The minimum Gasteiger partial charge on any atom is -0.465 e. The molecule has 1 aliphatic carbocycles. The zero-order valence-electron chi connectivity index (χ0n) is 13.0. The fourth-order valence-corrected chi connectivity index (χ4v) is 4.72. The number of likely N-dealkylation sites (tertiary alicyclic amines) is 1. The van der Waals surface area contributed by atoms with Gasteiger partial charge < -0.3 is 5.11 Å². The summed E-state index contributed by atoms with van der Waals surface area (Å²) in [5.41, 5.74) is 0.963. The number of benzene rings is 1. The number of carbonyl (C=O) groups is 1. The Kier molecular flexibility index (Phi) is 4.33. The van der Waals surface area contributed by atoms with Gasteiger partial charge in [-0.1, -0.05) is 24.1 Å². The van der Waals surface area contributed by atoms with Crippen LogP contribution in [0, 0.1) is 12.8 Å². The number of fused-ring (bicyclic) bond motifs is 1. The van der Waals surface area contributed by atoms with Crippen LogP contribution in [0.2, 0.25) is 0 Å². The molecule has 6 nitrogen and oxygen atoms in total. The first kappa shape index (κ1) is 16.3. The first-order chi connectivity index (χ1) is 10.9. The van der Waals surface area contributed by atoms with Crippen LogP contribution in [0.3, 0.4) is 0 Å². The third-order valence-electron chi connectivity index (χ3n) is 4.89. The summed E-state index contributed by atoms with van der Waals surface area (Å²) in [6, 6.07) is 6.05. The molecule has 23 heavy (non-hydrogen) atoms. The topological polar surface area (TPSA) is 83.9 Å². The van der Waals surface area contributed by atoms with Gasteiger partial charge in [0.15, 0.2) is 0 Å². The van der Waals surface area contributed by atoms with E-state index in [0.29, 0.717) is 12.3 Å². The summed E-state index contributed by atoms with van der Waals surface area (Å²) >= 11 is 0. The third-order valence-corrected chi connectivity index (χ3v) is 6.19. The molecule has 0 bridgehead atoms. The van der Waals surface area contributed by atoms with Crippen LogP contribution in [-0.2, 0) is 14.3 Å². The second-order valence-electron chi connectivity index (χ2n) is 6.39. The molecule has 1 N–H and O–H groups in total. The quantitative estimate of drug-likeness (QED) is 0.853. The predicted molar refractivity (Wildman–Crippen MR) is 83.7 cm³/mol. The van der Waals surface area contributed by atoms with Crippen molar-refractivity contribution >= 4 is 16.2 Å². The van der Waals surface area contributed by atoms with E-state index in [1.807, 2.05) is 6.92 Å². The molecule has 1 aliphatic heterocycles. The fraction of sp³-hybridized carbons (Fsp3) is 0.562. The van der Waals surface area contributed by atoms with Gasteiger partial charge in [0.1, 0.15) is 0 Å². The highest BCUT2D eigenvalue weighted by molar-refractivity contribution is 7.86. The Morgan fingerprint density at radius 3 is 2.65 bits per heavy atom. The van der Waals surface area contributed by atoms with Crippen LogP contribution in [0.5, 0.6) is 0 Å². The summed E-state index contributed by atoms with van der Waals surface area (Å²) in [7, 11) is -3.86. The lowest BCUT2D eigenvalue weighted by Gasteiger charge is -2.26. The number of carboxylic acid groups (broad SMARTS) is 1. The molecular weight excluding hydrogens is 318 g/mol. The molecule has 0 radical (unpaired) electrons. The van der Waals surface area contributed by atoms with Crippen molar-refractivity contribution in [1.29, 1.82) is 0 Å². The van der Waals surface area contributed by atoms with Crippen molar-refractivity contribution in [2.45, 2.75) is 49.6 Å². The fourth-order valence-electron chi connectivity index (χ4n) is 3.78. The number of rotatable bonds is 4. The van der Waals surface area contributed by atoms with Crippen LogP contribution in [0.15, 0.2) is 29.2 Å². The van der Waals surface area contributed by atoms with Gasteiger partial charge >= 0.3 is 6.09 Å². The molecule has 0 aromatic heterocycles. The molecule has 1 aromatic rings. The van der Waals surface area contributed by atoms with E-state index in [1.54, 1.807) is 12.1 Å². The zero-order chi connectivity index (χ0) is 16.6. The first-order valence-electron chi connectivity index (χ1n) is 7.86. The molecule has 7 heteroatoms. The Bertz CT molecular complexity index is 685. The van der Waals surface area contributed by atoms with Crippen molar-refractivity contribution in [3.8, 4) is 0 Å². The SMILES string of the molecule is Cc1ccc(S(=O)(=O)OC[C@@H]2C[C@@H]3CCC[C@@H]3N2C(=O)O)cc1. The first-order valence-corrected chi connectivity index (χ1v) is 9.26. The van der Waals surface area contributed by atoms with Gasteiger partial charge in [0, 0.05) is 6.04 Å². The Morgan fingerprint density at radius 1 is 1.30 bits per heavy atom. The monoisotopic (exact) mass is 339 g/mol. The van der Waals surface area contributed by atoms with E-state index in [0.717, 1.165) is 24.8 Å². The predicted octanol–water partition coefficient (Wildman–Crippen LogP) is 2.62. The van der Waals surface area contributed by atoms with E-state index >= 15 is 0 Å². The molecule has 3 atom stereocenters. The van der Waals surface area contributed by atoms with Gasteiger partial charge in [0.25, 0.3) is 10.1 Å². The second kappa shape index (κ2) is 6.13. The minimum absolute atomic E-state index is 0.0168.